The Morgan fingerprint density at radius 1 is 1.37 bits per heavy atom. The molecule has 0 aromatic heterocycles. The maximum atomic E-state index is 12.3. The van der Waals surface area contributed by atoms with Crippen LogP contribution in [0, 0.1) is 0 Å². The fourth-order valence-corrected chi connectivity index (χ4v) is 4.45. The quantitative estimate of drug-likeness (QED) is 0.904. The minimum atomic E-state index is -3.67. The molecule has 0 atom stereocenters. The first-order valence-electron chi connectivity index (χ1n) is 5.26. The normalized spacial score (nSPS) is 19.2. The van der Waals surface area contributed by atoms with E-state index in [0.29, 0.717) is 5.02 Å². The van der Waals surface area contributed by atoms with Crippen molar-refractivity contribution in [2.75, 3.05) is 19.7 Å². The Hall–Kier alpha value is -0.0800. The third kappa shape index (κ3) is 3.00. The first kappa shape index (κ1) is 15.3. The fraction of sp³-hybridized carbons (Fsp3) is 0.400. The molecule has 106 valence electrons. The molecule has 1 aliphatic heterocycles. The van der Waals surface area contributed by atoms with Gasteiger partial charge in [0, 0.05) is 18.1 Å². The van der Waals surface area contributed by atoms with Crippen LogP contribution in [0.25, 0.3) is 0 Å². The van der Waals surface area contributed by atoms with Crippen LogP contribution in [0.2, 0.25) is 10.0 Å². The lowest BCUT2D eigenvalue weighted by Crippen LogP contribution is -2.70. The van der Waals surface area contributed by atoms with E-state index >= 15 is 0 Å². The summed E-state index contributed by atoms with van der Waals surface area (Å²) in [5, 5.41) is 0.451. The second-order valence-electron chi connectivity index (χ2n) is 4.46. The monoisotopic (exact) mass is 344 g/mol. The van der Waals surface area contributed by atoms with E-state index < -0.39 is 15.6 Å². The van der Waals surface area contributed by atoms with E-state index in [0.717, 1.165) is 0 Å². The Bertz CT molecular complexity index is 588. The van der Waals surface area contributed by atoms with Crippen molar-refractivity contribution in [2.45, 2.75) is 10.4 Å². The minimum Gasteiger partial charge on any atom is -0.321 e. The Balaban J connectivity index is 2.21. The average Bonchev–Trinajstić information content (AvgIpc) is 2.25. The maximum absolute atomic E-state index is 12.3. The third-order valence-electron chi connectivity index (χ3n) is 2.84. The van der Waals surface area contributed by atoms with E-state index in [2.05, 4.69) is 4.29 Å². The topological polar surface area (TPSA) is 72.6 Å². The molecule has 0 bridgehead atoms. The summed E-state index contributed by atoms with van der Waals surface area (Å²) >= 11 is 16.8. The van der Waals surface area contributed by atoms with Gasteiger partial charge in [-0.2, -0.15) is 4.31 Å². The van der Waals surface area contributed by atoms with Crippen molar-refractivity contribution in [3.8, 4) is 0 Å². The smallest absolute Gasteiger partial charge is 0.244 e. The second-order valence-corrected chi connectivity index (χ2v) is 7.43. The number of nitrogens with zero attached hydrogens (tertiary/aromatic N) is 1. The molecular formula is C10H11Cl3N2O3S. The van der Waals surface area contributed by atoms with Crippen molar-refractivity contribution in [3.63, 3.8) is 0 Å². The lowest BCUT2D eigenvalue weighted by Gasteiger charge is -2.45. The zero-order chi connectivity index (χ0) is 14.3. The largest absolute Gasteiger partial charge is 0.321 e. The van der Waals surface area contributed by atoms with Crippen molar-refractivity contribution >= 4 is 45.1 Å². The fourth-order valence-electron chi connectivity index (χ4n) is 1.85. The molecule has 1 heterocycles. The van der Waals surface area contributed by atoms with Crippen molar-refractivity contribution in [2.24, 2.45) is 5.73 Å². The first-order chi connectivity index (χ1) is 8.78. The molecule has 2 rings (SSSR count). The van der Waals surface area contributed by atoms with Crippen LogP contribution in [0.3, 0.4) is 0 Å². The molecule has 1 aliphatic rings. The highest BCUT2D eigenvalue weighted by atomic mass is 35.5. The van der Waals surface area contributed by atoms with Crippen molar-refractivity contribution in [1.29, 1.82) is 0 Å². The average molecular weight is 346 g/mol. The number of sulfonamides is 1. The molecule has 0 amide bonds. The van der Waals surface area contributed by atoms with Crippen LogP contribution in [-0.4, -0.2) is 38.0 Å². The predicted octanol–water partition coefficient (Wildman–Crippen LogP) is 1.87. The Morgan fingerprint density at radius 3 is 2.53 bits per heavy atom. The molecule has 0 radical (unpaired) electrons. The van der Waals surface area contributed by atoms with Crippen LogP contribution in [0.1, 0.15) is 0 Å². The molecule has 1 fully saturated rings. The van der Waals surface area contributed by atoms with Crippen LogP contribution in [0.15, 0.2) is 23.1 Å². The molecule has 19 heavy (non-hydrogen) atoms. The molecule has 2 N–H and O–H groups in total. The van der Waals surface area contributed by atoms with Crippen LogP contribution in [0.4, 0.5) is 0 Å². The molecule has 0 saturated carbocycles. The zero-order valence-corrected chi connectivity index (χ0v) is 12.7. The third-order valence-corrected chi connectivity index (χ3v) is 5.46. The standard InChI is InChI=1S/C10H11Cl3N2O3S/c11-7-1-2-9(8(12)3-7)19(16,17)15-4-10(14,5-15)6-18-13/h1-3H,4-6,14H2. The van der Waals surface area contributed by atoms with Gasteiger partial charge in [-0.1, -0.05) is 23.2 Å². The lowest BCUT2D eigenvalue weighted by atomic mass is 9.95. The minimum absolute atomic E-state index is 0.00686. The van der Waals surface area contributed by atoms with Gasteiger partial charge in [0.1, 0.15) is 4.90 Å². The number of hydrogen-bond donors (Lipinski definition) is 1. The number of nitrogens with two attached hydrogens (primary N) is 1. The lowest BCUT2D eigenvalue weighted by molar-refractivity contribution is 0.101. The summed E-state index contributed by atoms with van der Waals surface area (Å²) in [7, 11) is -3.67. The van der Waals surface area contributed by atoms with Gasteiger partial charge in [-0.05, 0) is 18.2 Å². The van der Waals surface area contributed by atoms with E-state index in [4.69, 9.17) is 40.8 Å². The highest BCUT2D eigenvalue weighted by Crippen LogP contribution is 2.32. The number of benzene rings is 1. The van der Waals surface area contributed by atoms with E-state index in [1.165, 1.54) is 22.5 Å². The molecule has 0 aliphatic carbocycles. The van der Waals surface area contributed by atoms with Gasteiger partial charge in [-0.25, -0.2) is 8.42 Å². The van der Waals surface area contributed by atoms with Gasteiger partial charge in [0.2, 0.25) is 10.0 Å². The predicted molar refractivity (Wildman–Crippen MR) is 73.9 cm³/mol. The molecule has 5 nitrogen and oxygen atoms in total. The summed E-state index contributed by atoms with van der Waals surface area (Å²) in [5.74, 6) is 0. The van der Waals surface area contributed by atoms with E-state index in [9.17, 15) is 8.42 Å². The van der Waals surface area contributed by atoms with Gasteiger partial charge in [0.15, 0.2) is 0 Å². The van der Waals surface area contributed by atoms with Crippen molar-refractivity contribution in [3.05, 3.63) is 28.2 Å². The van der Waals surface area contributed by atoms with Gasteiger partial charge in [-0.3, -0.25) is 4.29 Å². The zero-order valence-electron chi connectivity index (χ0n) is 9.64. The van der Waals surface area contributed by atoms with E-state index in [1.807, 2.05) is 0 Å². The van der Waals surface area contributed by atoms with Gasteiger partial charge in [-0.15, -0.1) is 0 Å². The second kappa shape index (κ2) is 5.37. The molecule has 0 spiro atoms. The number of halogens is 3. The Labute approximate surface area is 126 Å². The summed E-state index contributed by atoms with van der Waals surface area (Å²) in [6.45, 7) is 0.330. The number of hydrogen-bond acceptors (Lipinski definition) is 4. The Morgan fingerprint density at radius 2 is 2.00 bits per heavy atom. The highest BCUT2D eigenvalue weighted by molar-refractivity contribution is 7.89. The summed E-state index contributed by atoms with van der Waals surface area (Å²) in [6.07, 6.45) is 0. The van der Waals surface area contributed by atoms with Gasteiger partial charge in [0.25, 0.3) is 0 Å². The Kier molecular flexibility index (Phi) is 4.32. The van der Waals surface area contributed by atoms with Crippen LogP contribution >= 0.6 is 35.1 Å². The number of rotatable bonds is 4. The van der Waals surface area contributed by atoms with E-state index in [1.54, 1.807) is 0 Å². The van der Waals surface area contributed by atoms with Crippen LogP contribution in [0.5, 0.6) is 0 Å². The van der Waals surface area contributed by atoms with Crippen molar-refractivity contribution < 1.29 is 12.7 Å². The molecule has 9 heteroatoms. The first-order valence-corrected chi connectivity index (χ1v) is 7.77. The SMILES string of the molecule is NC1(COCl)CN(S(=O)(=O)c2ccc(Cl)cc2Cl)C1. The molecule has 1 aromatic carbocycles. The molecule has 1 saturated heterocycles. The summed E-state index contributed by atoms with van der Waals surface area (Å²) in [5.41, 5.74) is 5.11. The maximum Gasteiger partial charge on any atom is 0.244 e. The van der Waals surface area contributed by atoms with Gasteiger partial charge in [0.05, 0.1) is 29.0 Å². The van der Waals surface area contributed by atoms with E-state index in [-0.39, 0.29) is 29.6 Å². The van der Waals surface area contributed by atoms with Crippen molar-refractivity contribution in [1.82, 2.24) is 4.31 Å². The van der Waals surface area contributed by atoms with Crippen LogP contribution < -0.4 is 5.73 Å². The highest BCUT2D eigenvalue weighted by Gasteiger charge is 2.46. The molecule has 1 aromatic rings. The van der Waals surface area contributed by atoms with Crippen LogP contribution in [-0.2, 0) is 14.3 Å². The summed E-state index contributed by atoms with van der Waals surface area (Å²) in [4.78, 5) is 0.00686. The van der Waals surface area contributed by atoms with Gasteiger partial charge < -0.3 is 5.73 Å². The summed E-state index contributed by atoms with van der Waals surface area (Å²) < 4.78 is 30.3. The van der Waals surface area contributed by atoms with Gasteiger partial charge >= 0.3 is 0 Å². The molecule has 0 unspecified atom stereocenters. The summed E-state index contributed by atoms with van der Waals surface area (Å²) in [6, 6.07) is 4.22. The molecular weight excluding hydrogens is 335 g/mol.